The Bertz CT molecular complexity index is 7360. The van der Waals surface area contributed by atoms with Gasteiger partial charge >= 0.3 is 0 Å². The number of amides is 8. The first-order chi connectivity index (χ1) is 69.0. The van der Waals surface area contributed by atoms with Gasteiger partial charge in [-0.3, -0.25) is 88.5 Å². The third-order valence-electron chi connectivity index (χ3n) is 25.6. The van der Waals surface area contributed by atoms with Crippen LogP contribution in [-0.2, 0) is 13.1 Å². The van der Waals surface area contributed by atoms with Gasteiger partial charge in [-0.1, -0.05) is 30.3 Å². The van der Waals surface area contributed by atoms with Gasteiger partial charge in [-0.15, -0.1) is 0 Å². The Balaban J connectivity index is 0.000000121. The molecule has 35 nitrogen and oxygen atoms in total. The van der Waals surface area contributed by atoms with Crippen LogP contribution in [0.4, 0.5) is 46.0 Å². The molecule has 18 heterocycles. The molecule has 0 aliphatic carbocycles. The van der Waals surface area contributed by atoms with Crippen molar-refractivity contribution in [1.29, 1.82) is 0 Å². The molecule has 142 heavy (non-hydrogen) atoms. The summed E-state index contributed by atoms with van der Waals surface area (Å²) < 4.78 is 54.2. The van der Waals surface area contributed by atoms with Crippen LogP contribution in [-0.4, -0.2) is 248 Å². The monoisotopic (exact) mass is 1920 g/mol. The molecular formula is C103H97F4N27O8. The van der Waals surface area contributed by atoms with Gasteiger partial charge in [0.1, 0.15) is 22.8 Å². The SMILES string of the molecule is Nc1cncc(-c2ccc3[nH]nc(C(=O)Nc4ccc(C(=O)N5CCCC5)nc4)c3c2)c1.O=C(Nc1ccc(C(=O)N2CCCC2)nc1)c1n[nH]c2ccc(-c3cccnc3)cc12.O=C(Nc1ccc(C(=O)N2CCCC2)nc1)c1n[nH]c2ccc(-c3cncc(CN4CCC(F)(F)C4)c3)cc12.O=C(Nc1ccc(C(=O)N2CCCC2)nc1)c1n[nH]c2ccc(-c3cncc(CN4CCC(F)(F)CC4)c3)cc12. The fourth-order valence-electron chi connectivity index (χ4n) is 18.0. The van der Waals surface area contributed by atoms with Gasteiger partial charge in [0, 0.05) is 198 Å². The number of nitrogen functional groups attached to an aromatic ring is 1. The molecule has 4 aromatic carbocycles. The average Bonchev–Trinajstić information content (AvgIpc) is 1.65. The van der Waals surface area contributed by atoms with E-state index >= 15 is 0 Å². The highest BCUT2D eigenvalue weighted by molar-refractivity contribution is 6.15. The number of H-pyrrole nitrogens is 4. The molecule has 6 aliphatic heterocycles. The normalized spacial score (nSPS) is 15.5. The van der Waals surface area contributed by atoms with Crippen molar-refractivity contribution in [3.05, 3.63) is 283 Å². The van der Waals surface area contributed by atoms with Crippen molar-refractivity contribution in [2.45, 2.75) is 95.6 Å². The van der Waals surface area contributed by atoms with E-state index in [4.69, 9.17) is 5.73 Å². The standard InChI is InChI=1S/C29H29F2N7O2.C28H27F2N7O2.C23H21N7O2.C23H20N6O2/c30-29(31)7-11-37(12-8-29)18-19-13-21(16-32-15-19)20-3-5-24-23(14-20)26(36-35-24)27(39)34-22-4-6-25(33-17-22)28(40)38-9-1-2-10-38;29-28(30)7-10-36(17-28)16-18-11-20(14-31-13-18)19-3-5-23-22(12-19)25(35-34-23)26(38)33-21-4-6-24(32-15-21)27(39)37-8-1-2-9-37;24-16-9-15(11-25-12-16)14-3-5-19-18(10-14)21(29-28-19)22(31)27-17-4-6-20(26-13-17)23(32)30-7-1-2-8-30;30-22(26-17-6-8-20(25-14-17)23(31)29-10-1-2-11-29)21-18-12-15(5-7-19(18)27-28-21)16-4-3-9-24-13-16/h3-6,13-17H,1-2,7-12,18H2,(H,34,39)(H,35,36);3-6,11-15H,1-2,7-10,16-17H2,(H,33,38)(H,34,35);3-6,9-13H,1-2,7-8,24H2,(H,27,31)(H,28,29);3-9,12-14H,1-2,10-11H2,(H,26,30)(H,27,28). The molecule has 16 aromatic rings. The number of hydrogen-bond acceptors (Lipinski definition) is 23. The molecule has 22 rings (SSSR count). The maximum Gasteiger partial charge on any atom is 0.276 e. The Morgan fingerprint density at radius 1 is 0.310 bits per heavy atom. The summed E-state index contributed by atoms with van der Waals surface area (Å²) in [6, 6.07) is 45.4. The predicted octanol–water partition coefficient (Wildman–Crippen LogP) is 15.7. The molecule has 0 unspecified atom stereocenters. The van der Waals surface area contributed by atoms with Gasteiger partial charge in [0.25, 0.3) is 59.1 Å². The number of nitrogens with two attached hydrogens (primary N) is 1. The topological polar surface area (TPSA) is 448 Å². The van der Waals surface area contributed by atoms with Crippen molar-refractivity contribution < 1.29 is 55.9 Å². The maximum atomic E-state index is 13.6. The molecular weight excluding hydrogens is 1820 g/mol. The molecule has 0 saturated carbocycles. The van der Waals surface area contributed by atoms with E-state index in [1.54, 1.807) is 123 Å². The van der Waals surface area contributed by atoms with E-state index < -0.39 is 23.7 Å². The summed E-state index contributed by atoms with van der Waals surface area (Å²) in [7, 11) is 0. The van der Waals surface area contributed by atoms with Crippen LogP contribution in [0.2, 0.25) is 0 Å². The number of aromatic amines is 4. The first kappa shape index (κ1) is 94.1. The number of alkyl halides is 4. The second-order valence-electron chi connectivity index (χ2n) is 35.7. The van der Waals surface area contributed by atoms with Crippen molar-refractivity contribution in [2.75, 3.05) is 106 Å². The van der Waals surface area contributed by atoms with Gasteiger partial charge in [-0.25, -0.2) is 37.5 Å². The minimum absolute atomic E-state index is 0.0726. The largest absolute Gasteiger partial charge is 0.397 e. The second kappa shape index (κ2) is 41.8. The third-order valence-corrected chi connectivity index (χ3v) is 25.6. The lowest BCUT2D eigenvalue weighted by atomic mass is 10.0. The smallest absolute Gasteiger partial charge is 0.276 e. The molecule has 8 amide bonds. The van der Waals surface area contributed by atoms with Gasteiger partial charge in [-0.05, 0) is 206 Å². The Labute approximate surface area is 809 Å². The van der Waals surface area contributed by atoms with Crippen LogP contribution in [0.25, 0.3) is 88.1 Å². The minimum Gasteiger partial charge on any atom is -0.397 e. The number of nitrogens with one attached hydrogen (secondary N) is 8. The van der Waals surface area contributed by atoms with E-state index in [2.05, 4.69) is 102 Å². The number of benzene rings is 4. The van der Waals surface area contributed by atoms with E-state index in [1.165, 1.54) is 24.8 Å². The lowest BCUT2D eigenvalue weighted by Crippen LogP contribution is -2.38. The number of rotatable bonds is 20. The van der Waals surface area contributed by atoms with Crippen molar-refractivity contribution in [1.82, 2.24) is 110 Å². The number of piperidine rings is 1. The van der Waals surface area contributed by atoms with Gasteiger partial charge in [0.2, 0.25) is 0 Å². The number of nitrogens with zero attached hydrogens (tertiary/aromatic N) is 18. The molecule has 12 aromatic heterocycles. The number of fused-ring (bicyclic) bond motifs is 4. The molecule has 39 heteroatoms. The summed E-state index contributed by atoms with van der Waals surface area (Å²) >= 11 is 0. The predicted molar refractivity (Wildman–Crippen MR) is 525 cm³/mol. The summed E-state index contributed by atoms with van der Waals surface area (Å²) in [5, 5.41) is 42.3. The third kappa shape index (κ3) is 22.1. The van der Waals surface area contributed by atoms with Crippen LogP contribution in [0.15, 0.2) is 226 Å². The van der Waals surface area contributed by atoms with Crippen molar-refractivity contribution in [2.24, 2.45) is 0 Å². The van der Waals surface area contributed by atoms with E-state index in [9.17, 15) is 55.9 Å². The molecule has 0 bridgehead atoms. The molecule has 0 atom stereocenters. The lowest BCUT2D eigenvalue weighted by molar-refractivity contribution is -0.0567. The van der Waals surface area contributed by atoms with Crippen LogP contribution < -0.4 is 27.0 Å². The highest BCUT2D eigenvalue weighted by Crippen LogP contribution is 2.36. The van der Waals surface area contributed by atoms with Crippen molar-refractivity contribution >= 4 is 119 Å². The first-order valence-corrected chi connectivity index (χ1v) is 46.9. The number of carbonyl (C=O) groups is 8. The van der Waals surface area contributed by atoms with Crippen LogP contribution in [0.5, 0.6) is 0 Å². The Kier molecular flexibility index (Phi) is 27.7. The molecule has 6 aliphatic rings. The summed E-state index contributed by atoms with van der Waals surface area (Å²) in [4.78, 5) is 147. The zero-order chi connectivity index (χ0) is 98.0. The second-order valence-corrected chi connectivity index (χ2v) is 35.7. The van der Waals surface area contributed by atoms with Crippen molar-refractivity contribution in [3.8, 4) is 44.5 Å². The summed E-state index contributed by atoms with van der Waals surface area (Å²) in [5.41, 5.74) is 22.4. The zero-order valence-corrected chi connectivity index (χ0v) is 76.9. The quantitative estimate of drug-likeness (QED) is 0.0320. The van der Waals surface area contributed by atoms with E-state index in [1.807, 2.05) is 108 Å². The van der Waals surface area contributed by atoms with Gasteiger partial charge in [0.05, 0.1) is 81.8 Å². The van der Waals surface area contributed by atoms with Crippen LogP contribution in [0.1, 0.15) is 166 Å². The fourth-order valence-corrected chi connectivity index (χ4v) is 18.0. The van der Waals surface area contributed by atoms with Gasteiger partial charge in [0.15, 0.2) is 22.8 Å². The molecule has 6 saturated heterocycles. The van der Waals surface area contributed by atoms with Gasteiger partial charge < -0.3 is 46.6 Å². The highest BCUT2D eigenvalue weighted by atomic mass is 19.3. The Hall–Kier alpha value is -16.8. The minimum atomic E-state index is -2.64. The number of anilines is 5. The number of hydrogen-bond donors (Lipinski definition) is 9. The van der Waals surface area contributed by atoms with Crippen LogP contribution in [0.3, 0.4) is 0 Å². The average molecular weight is 1920 g/mol. The Morgan fingerprint density at radius 3 is 0.915 bits per heavy atom. The summed E-state index contributed by atoms with van der Waals surface area (Å²) in [6.07, 6.45) is 27.3. The van der Waals surface area contributed by atoms with Crippen LogP contribution in [0, 0.1) is 0 Å². The molecule has 0 radical (unpaired) electrons. The van der Waals surface area contributed by atoms with Crippen LogP contribution >= 0.6 is 0 Å². The number of halogens is 4. The summed E-state index contributed by atoms with van der Waals surface area (Å²) in [5.74, 6) is -7.12. The van der Waals surface area contributed by atoms with E-state index in [0.29, 0.717) is 117 Å². The lowest BCUT2D eigenvalue weighted by Gasteiger charge is -2.31. The Morgan fingerprint density at radius 2 is 0.613 bits per heavy atom. The zero-order valence-electron chi connectivity index (χ0n) is 76.9. The van der Waals surface area contributed by atoms with Gasteiger partial charge in [-0.2, -0.15) is 20.4 Å². The fraction of sp³-hybridized carbons (Fsp3) is 0.262. The highest BCUT2D eigenvalue weighted by Gasteiger charge is 2.39. The van der Waals surface area contributed by atoms with E-state index in [-0.39, 0.29) is 84.0 Å². The molecule has 720 valence electrons. The maximum absolute atomic E-state index is 13.6. The first-order valence-electron chi connectivity index (χ1n) is 46.9. The van der Waals surface area contributed by atoms with Crippen molar-refractivity contribution in [3.63, 3.8) is 0 Å². The molecule has 10 N–H and O–H groups in total. The number of carbonyl (C=O) groups excluding carboxylic acids is 8. The number of likely N-dealkylation sites (tertiary alicyclic amines) is 6. The molecule has 6 fully saturated rings. The molecule has 0 spiro atoms. The number of pyridine rings is 8. The summed E-state index contributed by atoms with van der Waals surface area (Å²) in [6.45, 7) is 7.79. The van der Waals surface area contributed by atoms with E-state index in [0.717, 1.165) is 170 Å². The number of aromatic nitrogens is 16.